The molecule has 2 unspecified atom stereocenters. The lowest BCUT2D eigenvalue weighted by molar-refractivity contribution is 0.0932. The molecular weight excluding hydrogens is 241 g/mol. The molecule has 3 heteroatoms. The van der Waals surface area contributed by atoms with Crippen LogP contribution in [0.15, 0.2) is 18.2 Å². The second-order valence-electron chi connectivity index (χ2n) is 5.72. The summed E-state index contributed by atoms with van der Waals surface area (Å²) in [6.07, 6.45) is 4.93. The Morgan fingerprint density at radius 3 is 2.84 bits per heavy atom. The molecule has 0 aliphatic heterocycles. The summed E-state index contributed by atoms with van der Waals surface area (Å²) in [5.41, 5.74) is 1.06. The Balaban J connectivity index is 1.95. The first kappa shape index (κ1) is 14.0. The number of nitrogens with one attached hydrogen (secondary N) is 1. The van der Waals surface area contributed by atoms with Crippen molar-refractivity contribution in [3.63, 3.8) is 0 Å². The van der Waals surface area contributed by atoms with Gasteiger partial charge in [0.25, 0.3) is 5.91 Å². The van der Waals surface area contributed by atoms with Gasteiger partial charge in [-0.25, -0.2) is 4.39 Å². The third kappa shape index (κ3) is 3.55. The highest BCUT2D eigenvalue weighted by molar-refractivity contribution is 5.94. The molecule has 104 valence electrons. The number of carbonyl (C=O) groups is 1. The Labute approximate surface area is 114 Å². The second-order valence-corrected chi connectivity index (χ2v) is 5.72. The molecule has 1 saturated carbocycles. The molecule has 1 aliphatic rings. The molecule has 1 fully saturated rings. The maximum atomic E-state index is 13.6. The summed E-state index contributed by atoms with van der Waals surface area (Å²) in [6.45, 7) is 4.76. The minimum absolute atomic E-state index is 0.156. The van der Waals surface area contributed by atoms with Crippen LogP contribution in [-0.2, 0) is 0 Å². The first-order valence-corrected chi connectivity index (χ1v) is 7.12. The number of halogens is 1. The quantitative estimate of drug-likeness (QED) is 0.885. The summed E-state index contributed by atoms with van der Waals surface area (Å²) >= 11 is 0. The molecule has 0 bridgehead atoms. The molecule has 2 nitrogen and oxygen atoms in total. The van der Waals surface area contributed by atoms with Crippen LogP contribution in [0.2, 0.25) is 0 Å². The van der Waals surface area contributed by atoms with Gasteiger partial charge in [0, 0.05) is 6.54 Å². The topological polar surface area (TPSA) is 29.1 Å². The number of benzene rings is 1. The largest absolute Gasteiger partial charge is 0.352 e. The fraction of sp³-hybridized carbons (Fsp3) is 0.562. The van der Waals surface area contributed by atoms with Crippen LogP contribution >= 0.6 is 0 Å². The first-order chi connectivity index (χ1) is 9.08. The van der Waals surface area contributed by atoms with Crippen molar-refractivity contribution in [1.82, 2.24) is 5.32 Å². The van der Waals surface area contributed by atoms with Gasteiger partial charge in [0.05, 0.1) is 5.56 Å². The molecule has 1 aliphatic carbocycles. The van der Waals surface area contributed by atoms with Crippen molar-refractivity contribution in [3.8, 4) is 0 Å². The van der Waals surface area contributed by atoms with E-state index in [1.807, 2.05) is 6.92 Å². The first-order valence-electron chi connectivity index (χ1n) is 7.12. The van der Waals surface area contributed by atoms with Crippen molar-refractivity contribution in [2.45, 2.75) is 39.5 Å². The van der Waals surface area contributed by atoms with Crippen molar-refractivity contribution in [1.29, 1.82) is 0 Å². The number of aryl methyl sites for hydroxylation is 1. The molecule has 0 heterocycles. The highest BCUT2D eigenvalue weighted by atomic mass is 19.1. The highest BCUT2D eigenvalue weighted by Crippen LogP contribution is 2.28. The van der Waals surface area contributed by atoms with E-state index in [0.717, 1.165) is 12.0 Å². The Morgan fingerprint density at radius 2 is 2.11 bits per heavy atom. The van der Waals surface area contributed by atoms with Gasteiger partial charge >= 0.3 is 0 Å². The summed E-state index contributed by atoms with van der Waals surface area (Å²) < 4.78 is 13.6. The van der Waals surface area contributed by atoms with Crippen molar-refractivity contribution >= 4 is 5.91 Å². The lowest BCUT2D eigenvalue weighted by Crippen LogP contribution is -2.33. The van der Waals surface area contributed by atoms with Crippen LogP contribution in [0.25, 0.3) is 0 Å². The smallest absolute Gasteiger partial charge is 0.254 e. The average molecular weight is 263 g/mol. The highest BCUT2D eigenvalue weighted by Gasteiger charge is 2.22. The van der Waals surface area contributed by atoms with E-state index in [1.54, 1.807) is 12.1 Å². The zero-order valence-electron chi connectivity index (χ0n) is 11.7. The fourth-order valence-corrected chi connectivity index (χ4v) is 2.83. The van der Waals surface area contributed by atoms with E-state index in [4.69, 9.17) is 0 Å². The van der Waals surface area contributed by atoms with E-state index in [1.165, 1.54) is 25.3 Å². The standard InChI is InChI=1S/C16H22FNO/c1-11-7-8-15(17)14(9-11)16(19)18-10-13-6-4-3-5-12(13)2/h7-9,12-13H,3-6,10H2,1-2H3,(H,18,19). The van der Waals surface area contributed by atoms with E-state index in [9.17, 15) is 9.18 Å². The normalized spacial score (nSPS) is 23.1. The van der Waals surface area contributed by atoms with E-state index in [2.05, 4.69) is 12.2 Å². The van der Waals surface area contributed by atoms with Gasteiger partial charge in [0.15, 0.2) is 0 Å². The maximum absolute atomic E-state index is 13.6. The van der Waals surface area contributed by atoms with Gasteiger partial charge in [0.1, 0.15) is 5.82 Å². The van der Waals surface area contributed by atoms with Crippen molar-refractivity contribution < 1.29 is 9.18 Å². The summed E-state index contributed by atoms with van der Waals surface area (Å²) in [4.78, 5) is 12.0. The zero-order valence-corrected chi connectivity index (χ0v) is 11.7. The molecule has 1 N–H and O–H groups in total. The SMILES string of the molecule is Cc1ccc(F)c(C(=O)NCC2CCCCC2C)c1. The van der Waals surface area contributed by atoms with E-state index in [-0.39, 0.29) is 11.5 Å². The minimum atomic E-state index is -0.445. The predicted molar refractivity (Wildman–Crippen MR) is 74.6 cm³/mol. The minimum Gasteiger partial charge on any atom is -0.352 e. The fourth-order valence-electron chi connectivity index (χ4n) is 2.83. The molecule has 0 aromatic heterocycles. The van der Waals surface area contributed by atoms with Crippen LogP contribution in [0.3, 0.4) is 0 Å². The number of rotatable bonds is 3. The molecule has 1 aromatic carbocycles. The molecule has 1 aromatic rings. The van der Waals surface area contributed by atoms with Gasteiger partial charge in [-0.15, -0.1) is 0 Å². The lowest BCUT2D eigenvalue weighted by Gasteiger charge is -2.28. The third-order valence-electron chi connectivity index (χ3n) is 4.18. The van der Waals surface area contributed by atoms with Crippen LogP contribution in [0, 0.1) is 24.6 Å². The van der Waals surface area contributed by atoms with Gasteiger partial charge in [-0.1, -0.05) is 37.8 Å². The Kier molecular flexibility index (Phi) is 4.56. The number of carbonyl (C=O) groups excluding carboxylic acids is 1. The molecule has 0 saturated heterocycles. The number of hydrogen-bond donors (Lipinski definition) is 1. The summed E-state index contributed by atoms with van der Waals surface area (Å²) in [7, 11) is 0. The second kappa shape index (κ2) is 6.18. The van der Waals surface area contributed by atoms with E-state index < -0.39 is 5.82 Å². The molecule has 0 spiro atoms. The predicted octanol–water partition coefficient (Wildman–Crippen LogP) is 3.69. The lowest BCUT2D eigenvalue weighted by atomic mass is 9.80. The molecule has 2 rings (SSSR count). The zero-order chi connectivity index (χ0) is 13.8. The van der Waals surface area contributed by atoms with Gasteiger partial charge in [-0.05, 0) is 37.3 Å². The molecular formula is C16H22FNO. The molecule has 1 amide bonds. The maximum Gasteiger partial charge on any atom is 0.254 e. The molecule has 19 heavy (non-hydrogen) atoms. The summed E-state index contributed by atoms with van der Waals surface area (Å²) in [5.74, 6) is 0.445. The Morgan fingerprint density at radius 1 is 1.37 bits per heavy atom. The van der Waals surface area contributed by atoms with Gasteiger partial charge in [-0.3, -0.25) is 4.79 Å². The number of hydrogen-bond acceptors (Lipinski definition) is 1. The van der Waals surface area contributed by atoms with Crippen LogP contribution < -0.4 is 5.32 Å². The molecule has 2 atom stereocenters. The van der Waals surface area contributed by atoms with E-state index in [0.29, 0.717) is 18.4 Å². The van der Waals surface area contributed by atoms with Crippen molar-refractivity contribution in [3.05, 3.63) is 35.1 Å². The van der Waals surface area contributed by atoms with E-state index >= 15 is 0 Å². The Bertz CT molecular complexity index is 458. The molecule has 0 radical (unpaired) electrons. The Hall–Kier alpha value is -1.38. The van der Waals surface area contributed by atoms with Crippen molar-refractivity contribution in [2.24, 2.45) is 11.8 Å². The monoisotopic (exact) mass is 263 g/mol. The van der Waals surface area contributed by atoms with Crippen LogP contribution in [0.5, 0.6) is 0 Å². The van der Waals surface area contributed by atoms with Gasteiger partial charge in [-0.2, -0.15) is 0 Å². The van der Waals surface area contributed by atoms with Gasteiger partial charge < -0.3 is 5.32 Å². The average Bonchev–Trinajstić information content (AvgIpc) is 2.40. The summed E-state index contributed by atoms with van der Waals surface area (Å²) in [5, 5.41) is 2.89. The summed E-state index contributed by atoms with van der Waals surface area (Å²) in [6, 6.07) is 4.64. The van der Waals surface area contributed by atoms with Crippen LogP contribution in [-0.4, -0.2) is 12.5 Å². The van der Waals surface area contributed by atoms with Crippen LogP contribution in [0.4, 0.5) is 4.39 Å². The van der Waals surface area contributed by atoms with Crippen molar-refractivity contribution in [2.75, 3.05) is 6.54 Å². The van der Waals surface area contributed by atoms with Gasteiger partial charge in [0.2, 0.25) is 0 Å². The third-order valence-corrected chi connectivity index (χ3v) is 4.18. The van der Waals surface area contributed by atoms with Crippen LogP contribution in [0.1, 0.15) is 48.5 Å². The number of amides is 1.